The first kappa shape index (κ1) is 22.0. The third kappa shape index (κ3) is 4.93. The summed E-state index contributed by atoms with van der Waals surface area (Å²) in [6.45, 7) is 7.04. The molecule has 0 radical (unpaired) electrons. The van der Waals surface area contributed by atoms with Crippen LogP contribution in [0.3, 0.4) is 0 Å². The standard InChI is InChI=1S/C18H24FN3O3S2/c1-16(2,3)27(25)21-17(4,12-26-18(11-20)8-5-9-18)14-10-13(22(23)24)6-7-15(14)19/h6-7,10,21H,5,8-9,12H2,1-4H3/t17-,27+/m0/s1. The molecule has 1 aliphatic rings. The van der Waals surface area contributed by atoms with Crippen LogP contribution in [0.4, 0.5) is 10.1 Å². The van der Waals surface area contributed by atoms with Crippen molar-refractivity contribution in [1.82, 2.24) is 4.72 Å². The minimum atomic E-state index is -1.53. The SMILES string of the molecule is CC(C)(C)[S@@+]([O-])N[C@@](C)(CSC1(C#N)CCC1)c1cc([N+](=O)[O-])ccc1F. The lowest BCUT2D eigenvalue weighted by Gasteiger charge is -2.40. The van der Waals surface area contributed by atoms with E-state index in [0.29, 0.717) is 0 Å². The van der Waals surface area contributed by atoms with Crippen LogP contribution in [0.5, 0.6) is 0 Å². The lowest BCUT2D eigenvalue weighted by atomic mass is 9.86. The van der Waals surface area contributed by atoms with E-state index in [2.05, 4.69) is 10.8 Å². The number of hydrogen-bond acceptors (Lipinski definition) is 6. The molecule has 9 heteroatoms. The van der Waals surface area contributed by atoms with Gasteiger partial charge in [-0.3, -0.25) is 10.1 Å². The second kappa shape index (κ2) is 7.95. The smallest absolute Gasteiger partial charge is 0.269 e. The van der Waals surface area contributed by atoms with Gasteiger partial charge in [-0.1, -0.05) is 0 Å². The van der Waals surface area contributed by atoms with Crippen LogP contribution < -0.4 is 4.72 Å². The summed E-state index contributed by atoms with van der Waals surface area (Å²) in [6, 6.07) is 5.67. The molecule has 1 aromatic carbocycles. The number of hydrogen-bond donors (Lipinski definition) is 1. The number of non-ortho nitro benzene ring substituents is 1. The fourth-order valence-corrected chi connectivity index (χ4v) is 5.06. The molecule has 0 spiro atoms. The summed E-state index contributed by atoms with van der Waals surface area (Å²) in [4.78, 5) is 10.6. The molecule has 6 nitrogen and oxygen atoms in total. The fraction of sp³-hybridized carbons (Fsp3) is 0.611. The maximum absolute atomic E-state index is 14.6. The zero-order chi connectivity index (χ0) is 20.5. The summed E-state index contributed by atoms with van der Waals surface area (Å²) in [5.41, 5.74) is -1.29. The van der Waals surface area contributed by atoms with E-state index in [1.807, 2.05) is 0 Å². The van der Waals surface area contributed by atoms with Crippen molar-refractivity contribution < 1.29 is 13.9 Å². The molecule has 0 bridgehead atoms. The van der Waals surface area contributed by atoms with Gasteiger partial charge in [0.2, 0.25) is 0 Å². The average molecular weight is 414 g/mol. The summed E-state index contributed by atoms with van der Waals surface area (Å²) in [5.74, 6) is -0.345. The van der Waals surface area contributed by atoms with Crippen molar-refractivity contribution in [2.75, 3.05) is 5.75 Å². The molecular weight excluding hydrogens is 389 g/mol. The molecule has 2 rings (SSSR count). The topological polar surface area (TPSA) is 102 Å². The van der Waals surface area contributed by atoms with Gasteiger partial charge in [-0.15, -0.1) is 16.5 Å². The van der Waals surface area contributed by atoms with E-state index in [-0.39, 0.29) is 17.0 Å². The number of thioether (sulfide) groups is 1. The van der Waals surface area contributed by atoms with Crippen molar-refractivity contribution in [3.63, 3.8) is 0 Å². The summed E-state index contributed by atoms with van der Waals surface area (Å²) < 4.78 is 29.2. The predicted octanol–water partition coefficient (Wildman–Crippen LogP) is 4.18. The molecule has 2 atom stereocenters. The number of nitro groups is 1. The van der Waals surface area contributed by atoms with Gasteiger partial charge in [0.1, 0.15) is 15.3 Å². The average Bonchev–Trinajstić information content (AvgIpc) is 2.53. The summed E-state index contributed by atoms with van der Waals surface area (Å²) in [7, 11) is 0. The highest BCUT2D eigenvalue weighted by molar-refractivity contribution is 8.01. The molecular formula is C18H24FN3O3S2. The van der Waals surface area contributed by atoms with Crippen LogP contribution in [0.1, 0.15) is 52.5 Å². The van der Waals surface area contributed by atoms with Crippen molar-refractivity contribution in [2.24, 2.45) is 0 Å². The number of halogens is 1. The van der Waals surface area contributed by atoms with E-state index >= 15 is 0 Å². The van der Waals surface area contributed by atoms with Crippen LogP contribution in [-0.2, 0) is 16.9 Å². The van der Waals surface area contributed by atoms with Gasteiger partial charge in [0.15, 0.2) is 0 Å². The number of benzene rings is 1. The van der Waals surface area contributed by atoms with Crippen molar-refractivity contribution in [1.29, 1.82) is 5.26 Å². The third-order valence-electron chi connectivity index (χ3n) is 4.63. The zero-order valence-corrected chi connectivity index (χ0v) is 17.5. The van der Waals surface area contributed by atoms with Crippen molar-refractivity contribution in [3.05, 3.63) is 39.7 Å². The molecule has 1 aromatic rings. The van der Waals surface area contributed by atoms with Gasteiger partial charge in [0.25, 0.3) is 5.69 Å². The van der Waals surface area contributed by atoms with Crippen molar-refractivity contribution in [2.45, 2.75) is 62.0 Å². The molecule has 0 saturated heterocycles. The number of nitrogens with zero attached hydrogens (tertiary/aromatic N) is 2. The van der Waals surface area contributed by atoms with E-state index < -0.39 is 37.1 Å². The Labute approximate surface area is 166 Å². The van der Waals surface area contributed by atoms with Crippen molar-refractivity contribution in [3.8, 4) is 6.07 Å². The van der Waals surface area contributed by atoms with Gasteiger partial charge in [-0.2, -0.15) is 5.26 Å². The van der Waals surface area contributed by atoms with Gasteiger partial charge in [0.05, 0.1) is 16.5 Å². The second-order valence-corrected chi connectivity index (χ2v) is 11.3. The van der Waals surface area contributed by atoms with Crippen LogP contribution in [0.15, 0.2) is 18.2 Å². The largest absolute Gasteiger partial charge is 0.598 e. The molecule has 1 N–H and O–H groups in total. The lowest BCUT2D eigenvalue weighted by molar-refractivity contribution is -0.385. The predicted molar refractivity (Wildman–Crippen MR) is 106 cm³/mol. The first-order chi connectivity index (χ1) is 12.4. The Morgan fingerprint density at radius 2 is 2.04 bits per heavy atom. The van der Waals surface area contributed by atoms with Gasteiger partial charge < -0.3 is 4.55 Å². The number of nitro benzene ring substituents is 1. The Kier molecular flexibility index (Phi) is 6.47. The van der Waals surface area contributed by atoms with Crippen LogP contribution >= 0.6 is 11.8 Å². The maximum Gasteiger partial charge on any atom is 0.269 e. The molecule has 0 unspecified atom stereocenters. The zero-order valence-electron chi connectivity index (χ0n) is 15.9. The molecule has 0 amide bonds. The fourth-order valence-electron chi connectivity index (χ4n) is 2.64. The quantitative estimate of drug-likeness (QED) is 0.409. The molecule has 27 heavy (non-hydrogen) atoms. The Balaban J connectivity index is 2.41. The Bertz CT molecular complexity index is 759. The minimum Gasteiger partial charge on any atom is -0.598 e. The van der Waals surface area contributed by atoms with Crippen LogP contribution in [0.25, 0.3) is 0 Å². The van der Waals surface area contributed by atoms with E-state index in [1.54, 1.807) is 27.7 Å². The Hall–Kier alpha value is -1.34. The number of nitrogens with one attached hydrogen (secondary N) is 1. The summed E-state index contributed by atoms with van der Waals surface area (Å²) in [5, 5.41) is 20.6. The Morgan fingerprint density at radius 3 is 2.48 bits per heavy atom. The molecule has 0 aliphatic heterocycles. The highest BCUT2D eigenvalue weighted by Crippen LogP contribution is 2.46. The molecule has 148 valence electrons. The molecule has 1 fully saturated rings. The normalized spacial score (nSPS) is 19.4. The van der Waals surface area contributed by atoms with E-state index in [9.17, 15) is 24.3 Å². The highest BCUT2D eigenvalue weighted by Gasteiger charge is 2.44. The minimum absolute atomic E-state index is 0.0780. The highest BCUT2D eigenvalue weighted by atomic mass is 32.2. The number of rotatable bonds is 7. The summed E-state index contributed by atoms with van der Waals surface area (Å²) >= 11 is -0.136. The van der Waals surface area contributed by atoms with Gasteiger partial charge in [-0.05, 0) is 53.0 Å². The van der Waals surface area contributed by atoms with Crippen LogP contribution in [0.2, 0.25) is 0 Å². The first-order valence-electron chi connectivity index (χ1n) is 8.62. The number of nitriles is 1. The molecule has 1 saturated carbocycles. The first-order valence-corrected chi connectivity index (χ1v) is 10.8. The van der Waals surface area contributed by atoms with Gasteiger partial charge >= 0.3 is 0 Å². The van der Waals surface area contributed by atoms with E-state index in [4.69, 9.17) is 0 Å². The maximum atomic E-state index is 14.6. The van der Waals surface area contributed by atoms with Gasteiger partial charge in [0, 0.05) is 34.8 Å². The van der Waals surface area contributed by atoms with Crippen LogP contribution in [-0.4, -0.2) is 24.7 Å². The molecule has 1 aliphatic carbocycles. The molecule has 0 aromatic heterocycles. The Morgan fingerprint density at radius 1 is 1.41 bits per heavy atom. The summed E-state index contributed by atoms with van der Waals surface area (Å²) in [6.07, 6.45) is 2.47. The van der Waals surface area contributed by atoms with Gasteiger partial charge in [-0.25, -0.2) is 4.39 Å². The lowest BCUT2D eigenvalue weighted by Crippen LogP contribution is -2.52. The van der Waals surface area contributed by atoms with E-state index in [1.165, 1.54) is 17.8 Å². The molecule has 0 heterocycles. The van der Waals surface area contributed by atoms with E-state index in [0.717, 1.165) is 31.4 Å². The second-order valence-electron chi connectivity index (χ2n) is 7.98. The van der Waals surface area contributed by atoms with Crippen LogP contribution in [0, 0.1) is 27.3 Å². The monoisotopic (exact) mass is 413 g/mol. The van der Waals surface area contributed by atoms with Crippen molar-refractivity contribution >= 4 is 28.8 Å². The third-order valence-corrected chi connectivity index (χ3v) is 8.15.